The van der Waals surface area contributed by atoms with Crippen LogP contribution in [0.5, 0.6) is 0 Å². The molecule has 0 saturated carbocycles. The molecule has 0 spiro atoms. The molecule has 0 saturated heterocycles. The topological polar surface area (TPSA) is 116 Å². The Kier molecular flexibility index (Phi) is 4.40. The molecule has 0 radical (unpaired) electrons. The number of carbonyl (C=O) groups excluding carboxylic acids is 1. The van der Waals surface area contributed by atoms with E-state index in [4.69, 9.17) is 16.0 Å². The minimum atomic E-state index is -1.16. The average Bonchev–Trinajstić information content (AvgIpc) is 3.33. The Morgan fingerprint density at radius 3 is 2.59 bits per heavy atom. The maximum atomic E-state index is 12.9. The zero-order valence-corrected chi connectivity index (χ0v) is 15.3. The van der Waals surface area contributed by atoms with Gasteiger partial charge in [-0.2, -0.15) is 0 Å². The highest BCUT2D eigenvalue weighted by molar-refractivity contribution is 6.33. The van der Waals surface area contributed by atoms with Gasteiger partial charge in [-0.15, -0.1) is 0 Å². The van der Waals surface area contributed by atoms with Crippen LogP contribution >= 0.6 is 11.6 Å². The van der Waals surface area contributed by atoms with Crippen molar-refractivity contribution in [1.29, 1.82) is 0 Å². The maximum absolute atomic E-state index is 12.9. The highest BCUT2D eigenvalue weighted by atomic mass is 35.5. The van der Waals surface area contributed by atoms with E-state index in [1.807, 2.05) is 0 Å². The molecule has 0 atom stereocenters. The number of para-hydroxylation sites is 1. The van der Waals surface area contributed by atoms with Crippen LogP contribution in [-0.2, 0) is 0 Å². The summed E-state index contributed by atoms with van der Waals surface area (Å²) in [6, 6.07) is 13.4. The molecule has 0 bridgehead atoms. The first-order valence-electron chi connectivity index (χ1n) is 8.29. The van der Waals surface area contributed by atoms with Crippen LogP contribution < -0.4 is 0 Å². The van der Waals surface area contributed by atoms with Crippen molar-refractivity contribution in [3.8, 4) is 11.3 Å². The molecule has 2 aromatic heterocycles. The molecule has 4 aromatic rings. The van der Waals surface area contributed by atoms with Gasteiger partial charge >= 0.3 is 5.97 Å². The van der Waals surface area contributed by atoms with Crippen molar-refractivity contribution in [2.75, 3.05) is 0 Å². The summed E-state index contributed by atoms with van der Waals surface area (Å²) in [6.07, 6.45) is 1.23. The molecule has 0 aliphatic rings. The number of nitro benzene ring substituents is 1. The summed E-state index contributed by atoms with van der Waals surface area (Å²) in [5, 5.41) is 21.0. The van der Waals surface area contributed by atoms with Crippen LogP contribution in [-0.4, -0.2) is 26.5 Å². The summed E-state index contributed by atoms with van der Waals surface area (Å²) in [6.45, 7) is 0. The average molecular weight is 411 g/mol. The van der Waals surface area contributed by atoms with Crippen LogP contribution in [0.4, 0.5) is 5.69 Å². The maximum Gasteiger partial charge on any atom is 0.337 e. The zero-order valence-electron chi connectivity index (χ0n) is 14.5. The first-order chi connectivity index (χ1) is 13.9. The number of hydrogen-bond acceptors (Lipinski definition) is 5. The molecule has 2 heterocycles. The van der Waals surface area contributed by atoms with Crippen molar-refractivity contribution in [2.24, 2.45) is 0 Å². The number of carboxylic acids is 1. The van der Waals surface area contributed by atoms with Gasteiger partial charge in [-0.3, -0.25) is 19.5 Å². The summed E-state index contributed by atoms with van der Waals surface area (Å²) in [7, 11) is 0. The lowest BCUT2D eigenvalue weighted by molar-refractivity contribution is -0.384. The summed E-state index contributed by atoms with van der Waals surface area (Å²) in [5.74, 6) is -1.63. The Morgan fingerprint density at radius 1 is 1.10 bits per heavy atom. The Morgan fingerprint density at radius 2 is 1.86 bits per heavy atom. The fourth-order valence-electron chi connectivity index (χ4n) is 3.05. The standard InChI is InChI=1S/C20H11ClN2O6/c21-15-6-5-11(23(27)28)9-13(15)17-7-8-18(29-17)19(24)22-10-14(20(25)26)12-3-1-2-4-16(12)22/h1-10H,(H,25,26). The number of furan rings is 1. The summed E-state index contributed by atoms with van der Waals surface area (Å²) >= 11 is 6.12. The molecular weight excluding hydrogens is 400 g/mol. The first-order valence-corrected chi connectivity index (χ1v) is 8.67. The molecule has 8 nitrogen and oxygen atoms in total. The number of carboxylic acid groups (broad SMARTS) is 1. The number of hydrogen-bond donors (Lipinski definition) is 1. The lowest BCUT2D eigenvalue weighted by Crippen LogP contribution is -2.09. The van der Waals surface area contributed by atoms with Gasteiger partial charge in [0, 0.05) is 29.3 Å². The van der Waals surface area contributed by atoms with E-state index in [0.29, 0.717) is 10.9 Å². The number of non-ortho nitro benzene ring substituents is 1. The highest BCUT2D eigenvalue weighted by Crippen LogP contribution is 2.33. The number of carbonyl (C=O) groups is 2. The predicted octanol–water partition coefficient (Wildman–Crippen LogP) is 4.85. The van der Waals surface area contributed by atoms with Crippen molar-refractivity contribution in [3.05, 3.63) is 87.3 Å². The Labute approximate surface area is 167 Å². The molecule has 144 valence electrons. The Hall–Kier alpha value is -3.91. The molecule has 1 N–H and O–H groups in total. The van der Waals surface area contributed by atoms with Crippen molar-refractivity contribution >= 4 is 40.1 Å². The number of nitro groups is 1. The molecule has 0 fully saturated rings. The molecule has 0 aliphatic heterocycles. The van der Waals surface area contributed by atoms with E-state index in [1.165, 1.54) is 41.1 Å². The smallest absolute Gasteiger partial charge is 0.337 e. The first kappa shape index (κ1) is 18.5. The van der Waals surface area contributed by atoms with Gasteiger partial charge in [-0.05, 0) is 24.3 Å². The quantitative estimate of drug-likeness (QED) is 0.379. The van der Waals surface area contributed by atoms with E-state index < -0.39 is 16.8 Å². The number of benzene rings is 2. The minimum absolute atomic E-state index is 0.0116. The van der Waals surface area contributed by atoms with Gasteiger partial charge in [0.05, 0.1) is 21.0 Å². The lowest BCUT2D eigenvalue weighted by atomic mass is 10.1. The summed E-state index contributed by atoms with van der Waals surface area (Å²) in [5.41, 5.74) is 0.503. The minimum Gasteiger partial charge on any atom is -0.478 e. The van der Waals surface area contributed by atoms with Crippen LogP contribution in [0, 0.1) is 10.1 Å². The molecule has 0 unspecified atom stereocenters. The number of aromatic carboxylic acids is 1. The molecule has 9 heteroatoms. The predicted molar refractivity (Wildman–Crippen MR) is 104 cm³/mol. The van der Waals surface area contributed by atoms with Gasteiger partial charge in [0.2, 0.25) is 0 Å². The van der Waals surface area contributed by atoms with Crippen molar-refractivity contribution < 1.29 is 24.0 Å². The van der Waals surface area contributed by atoms with Gasteiger partial charge in [0.1, 0.15) is 5.76 Å². The van der Waals surface area contributed by atoms with Gasteiger partial charge in [0.25, 0.3) is 11.6 Å². The Bertz CT molecular complexity index is 1300. The van der Waals surface area contributed by atoms with Crippen LogP contribution in [0.25, 0.3) is 22.2 Å². The van der Waals surface area contributed by atoms with E-state index in [2.05, 4.69) is 0 Å². The van der Waals surface area contributed by atoms with E-state index in [-0.39, 0.29) is 33.4 Å². The van der Waals surface area contributed by atoms with Gasteiger partial charge in [-0.25, -0.2) is 4.79 Å². The number of rotatable bonds is 4. The van der Waals surface area contributed by atoms with Gasteiger partial charge in [-0.1, -0.05) is 29.8 Å². The van der Waals surface area contributed by atoms with Gasteiger partial charge in [0.15, 0.2) is 5.76 Å². The second-order valence-electron chi connectivity index (χ2n) is 6.13. The van der Waals surface area contributed by atoms with E-state index >= 15 is 0 Å². The summed E-state index contributed by atoms with van der Waals surface area (Å²) < 4.78 is 6.79. The number of nitrogens with zero attached hydrogens (tertiary/aromatic N) is 2. The van der Waals surface area contributed by atoms with Crippen molar-refractivity contribution in [2.45, 2.75) is 0 Å². The molecule has 0 aliphatic carbocycles. The van der Waals surface area contributed by atoms with Crippen LogP contribution in [0.1, 0.15) is 20.9 Å². The van der Waals surface area contributed by atoms with E-state index in [0.717, 1.165) is 0 Å². The monoisotopic (exact) mass is 410 g/mol. The third-order valence-corrected chi connectivity index (χ3v) is 4.73. The van der Waals surface area contributed by atoms with Crippen LogP contribution in [0.15, 0.2) is 65.2 Å². The third kappa shape index (κ3) is 3.15. The fraction of sp³-hybridized carbons (Fsp3) is 0. The number of halogens is 1. The van der Waals surface area contributed by atoms with Crippen molar-refractivity contribution in [3.63, 3.8) is 0 Å². The lowest BCUT2D eigenvalue weighted by Gasteiger charge is -2.03. The zero-order chi connectivity index (χ0) is 20.7. The number of fused-ring (bicyclic) bond motifs is 1. The summed E-state index contributed by atoms with van der Waals surface area (Å²) in [4.78, 5) is 34.9. The molecular formula is C20H11ClN2O6. The normalized spacial score (nSPS) is 10.9. The third-order valence-electron chi connectivity index (χ3n) is 4.40. The number of aromatic nitrogens is 1. The molecule has 2 aromatic carbocycles. The fourth-order valence-corrected chi connectivity index (χ4v) is 3.26. The SMILES string of the molecule is O=C(O)c1cn(C(=O)c2ccc(-c3cc([N+](=O)[O-])ccc3Cl)o2)c2ccccc12. The largest absolute Gasteiger partial charge is 0.478 e. The second kappa shape index (κ2) is 6.92. The van der Waals surface area contributed by atoms with Crippen molar-refractivity contribution in [1.82, 2.24) is 4.57 Å². The van der Waals surface area contributed by atoms with Crippen LogP contribution in [0.2, 0.25) is 5.02 Å². The van der Waals surface area contributed by atoms with Gasteiger partial charge < -0.3 is 9.52 Å². The Balaban J connectivity index is 1.78. The molecule has 0 amide bonds. The van der Waals surface area contributed by atoms with Crippen LogP contribution in [0.3, 0.4) is 0 Å². The van der Waals surface area contributed by atoms with E-state index in [9.17, 15) is 24.8 Å². The second-order valence-corrected chi connectivity index (χ2v) is 6.53. The molecule has 4 rings (SSSR count). The van der Waals surface area contributed by atoms with E-state index in [1.54, 1.807) is 24.3 Å². The molecule has 29 heavy (non-hydrogen) atoms. The highest BCUT2D eigenvalue weighted by Gasteiger charge is 2.22.